The van der Waals surface area contributed by atoms with Crippen molar-refractivity contribution in [3.8, 4) is 11.5 Å². The second-order valence-corrected chi connectivity index (χ2v) is 6.21. The molecule has 0 saturated heterocycles. The standard InChI is InChI=1S/C20H20ClN5O/c1-2-14-13-18(26-19(25-14)17-9-5-6-10-22-17)23-11-12-24-20(27)15-7-3-4-8-16(15)21/h3-10,13H,2,11-12H2,1H3,(H,24,27)(H,23,25,26). The number of aromatic nitrogens is 3. The first-order valence-corrected chi connectivity index (χ1v) is 9.11. The monoisotopic (exact) mass is 381 g/mol. The Morgan fingerprint density at radius 2 is 1.89 bits per heavy atom. The normalized spacial score (nSPS) is 10.4. The molecule has 2 heterocycles. The molecule has 0 aliphatic carbocycles. The number of amides is 1. The molecule has 3 rings (SSSR count). The lowest BCUT2D eigenvalue weighted by Crippen LogP contribution is -2.29. The highest BCUT2D eigenvalue weighted by Gasteiger charge is 2.09. The topological polar surface area (TPSA) is 79.8 Å². The minimum Gasteiger partial charge on any atom is -0.368 e. The predicted molar refractivity (Wildman–Crippen MR) is 107 cm³/mol. The number of nitrogens with one attached hydrogen (secondary N) is 2. The first kappa shape index (κ1) is 18.8. The van der Waals surface area contributed by atoms with Crippen molar-refractivity contribution in [2.75, 3.05) is 18.4 Å². The fourth-order valence-electron chi connectivity index (χ4n) is 2.49. The van der Waals surface area contributed by atoms with Crippen LogP contribution in [0.1, 0.15) is 23.0 Å². The van der Waals surface area contributed by atoms with E-state index in [1.165, 1.54) is 0 Å². The molecule has 6 nitrogen and oxygen atoms in total. The summed E-state index contributed by atoms with van der Waals surface area (Å²) in [6.45, 7) is 3.00. The molecule has 0 aliphatic heterocycles. The van der Waals surface area contributed by atoms with E-state index < -0.39 is 0 Å². The molecule has 0 fully saturated rings. The predicted octanol–water partition coefficient (Wildman–Crippen LogP) is 3.60. The number of nitrogens with zero attached hydrogens (tertiary/aromatic N) is 3. The van der Waals surface area contributed by atoms with Crippen LogP contribution in [0.4, 0.5) is 5.82 Å². The van der Waals surface area contributed by atoms with E-state index in [4.69, 9.17) is 11.6 Å². The van der Waals surface area contributed by atoms with Gasteiger partial charge >= 0.3 is 0 Å². The lowest BCUT2D eigenvalue weighted by molar-refractivity contribution is 0.0955. The van der Waals surface area contributed by atoms with Crippen molar-refractivity contribution in [2.24, 2.45) is 0 Å². The van der Waals surface area contributed by atoms with Crippen LogP contribution in [-0.2, 0) is 6.42 Å². The van der Waals surface area contributed by atoms with Gasteiger partial charge in [0.25, 0.3) is 5.91 Å². The second kappa shape index (κ2) is 9.09. The molecule has 138 valence electrons. The van der Waals surface area contributed by atoms with Gasteiger partial charge in [-0.15, -0.1) is 0 Å². The number of carbonyl (C=O) groups excluding carboxylic acids is 1. The maximum atomic E-state index is 12.2. The van der Waals surface area contributed by atoms with E-state index in [1.807, 2.05) is 31.2 Å². The highest BCUT2D eigenvalue weighted by Crippen LogP contribution is 2.16. The number of anilines is 1. The Labute approximate surface area is 163 Å². The Hall–Kier alpha value is -2.99. The van der Waals surface area contributed by atoms with Gasteiger partial charge in [0.15, 0.2) is 5.82 Å². The van der Waals surface area contributed by atoms with Gasteiger partial charge in [0.2, 0.25) is 0 Å². The Morgan fingerprint density at radius 3 is 2.63 bits per heavy atom. The van der Waals surface area contributed by atoms with Gasteiger partial charge in [-0.05, 0) is 30.7 Å². The zero-order valence-electron chi connectivity index (χ0n) is 14.9. The first-order chi connectivity index (χ1) is 13.2. The average Bonchev–Trinajstić information content (AvgIpc) is 2.71. The molecule has 27 heavy (non-hydrogen) atoms. The molecule has 0 radical (unpaired) electrons. The smallest absolute Gasteiger partial charge is 0.252 e. The molecule has 3 aromatic rings. The first-order valence-electron chi connectivity index (χ1n) is 8.73. The number of hydrogen-bond donors (Lipinski definition) is 2. The number of pyridine rings is 1. The van der Waals surface area contributed by atoms with E-state index in [0.29, 0.717) is 35.3 Å². The van der Waals surface area contributed by atoms with Crippen LogP contribution >= 0.6 is 11.6 Å². The van der Waals surface area contributed by atoms with E-state index in [0.717, 1.165) is 17.8 Å². The van der Waals surface area contributed by atoms with Crippen molar-refractivity contribution in [1.82, 2.24) is 20.3 Å². The van der Waals surface area contributed by atoms with Crippen LogP contribution in [0.3, 0.4) is 0 Å². The number of rotatable bonds is 7. The molecule has 1 aromatic carbocycles. The third-order valence-electron chi connectivity index (χ3n) is 3.87. The van der Waals surface area contributed by atoms with Crippen molar-refractivity contribution >= 4 is 23.3 Å². The quantitative estimate of drug-likeness (QED) is 0.611. The minimum absolute atomic E-state index is 0.200. The van der Waals surface area contributed by atoms with Gasteiger partial charge in [0, 0.05) is 31.0 Å². The summed E-state index contributed by atoms with van der Waals surface area (Å²) in [5, 5.41) is 6.50. The maximum Gasteiger partial charge on any atom is 0.252 e. The molecular formula is C20H20ClN5O. The molecule has 2 N–H and O–H groups in total. The summed E-state index contributed by atoms with van der Waals surface area (Å²) < 4.78 is 0. The molecule has 0 atom stereocenters. The summed E-state index contributed by atoms with van der Waals surface area (Å²) >= 11 is 6.04. The SMILES string of the molecule is CCc1cc(NCCNC(=O)c2ccccc2Cl)nc(-c2ccccn2)n1. The number of halogens is 1. The van der Waals surface area contributed by atoms with Gasteiger partial charge in [-0.3, -0.25) is 9.78 Å². The number of hydrogen-bond acceptors (Lipinski definition) is 5. The van der Waals surface area contributed by atoms with Crippen LogP contribution in [0, 0.1) is 0 Å². The fraction of sp³-hybridized carbons (Fsp3) is 0.200. The molecule has 1 amide bonds. The molecule has 7 heteroatoms. The Bertz CT molecular complexity index is 917. The number of benzene rings is 1. The molecular weight excluding hydrogens is 362 g/mol. The van der Waals surface area contributed by atoms with E-state index in [2.05, 4.69) is 25.6 Å². The van der Waals surface area contributed by atoms with E-state index in [1.54, 1.807) is 30.5 Å². The fourth-order valence-corrected chi connectivity index (χ4v) is 2.71. The highest BCUT2D eigenvalue weighted by molar-refractivity contribution is 6.33. The Morgan fingerprint density at radius 1 is 1.07 bits per heavy atom. The summed E-state index contributed by atoms with van der Waals surface area (Å²) in [6.07, 6.45) is 2.51. The van der Waals surface area contributed by atoms with Gasteiger partial charge in [-0.1, -0.05) is 36.7 Å². The molecule has 0 spiro atoms. The van der Waals surface area contributed by atoms with Crippen LogP contribution in [0.15, 0.2) is 54.7 Å². The van der Waals surface area contributed by atoms with Crippen molar-refractivity contribution in [1.29, 1.82) is 0 Å². The van der Waals surface area contributed by atoms with E-state index >= 15 is 0 Å². The number of carbonyl (C=O) groups is 1. The zero-order valence-corrected chi connectivity index (χ0v) is 15.7. The largest absolute Gasteiger partial charge is 0.368 e. The second-order valence-electron chi connectivity index (χ2n) is 5.80. The zero-order chi connectivity index (χ0) is 19.1. The van der Waals surface area contributed by atoms with Crippen molar-refractivity contribution in [3.63, 3.8) is 0 Å². The summed E-state index contributed by atoms with van der Waals surface area (Å²) in [5.41, 5.74) is 2.11. The van der Waals surface area contributed by atoms with Crippen LogP contribution in [0.5, 0.6) is 0 Å². The van der Waals surface area contributed by atoms with Gasteiger partial charge in [0.05, 0.1) is 10.6 Å². The van der Waals surface area contributed by atoms with Crippen LogP contribution in [-0.4, -0.2) is 33.9 Å². The number of aryl methyl sites for hydroxylation is 1. The Balaban J connectivity index is 1.61. The summed E-state index contributed by atoms with van der Waals surface area (Å²) in [7, 11) is 0. The molecule has 0 saturated carbocycles. The van der Waals surface area contributed by atoms with Crippen molar-refractivity contribution in [2.45, 2.75) is 13.3 Å². The summed E-state index contributed by atoms with van der Waals surface area (Å²) in [4.78, 5) is 25.5. The maximum absolute atomic E-state index is 12.2. The summed E-state index contributed by atoms with van der Waals surface area (Å²) in [5.74, 6) is 1.08. The van der Waals surface area contributed by atoms with Crippen LogP contribution in [0.2, 0.25) is 5.02 Å². The van der Waals surface area contributed by atoms with E-state index in [-0.39, 0.29) is 5.91 Å². The lowest BCUT2D eigenvalue weighted by Gasteiger charge is -2.10. The van der Waals surface area contributed by atoms with Crippen LogP contribution < -0.4 is 10.6 Å². The third-order valence-corrected chi connectivity index (χ3v) is 4.20. The van der Waals surface area contributed by atoms with Crippen molar-refractivity contribution < 1.29 is 4.79 Å². The lowest BCUT2D eigenvalue weighted by atomic mass is 10.2. The van der Waals surface area contributed by atoms with Gasteiger partial charge in [-0.25, -0.2) is 9.97 Å². The molecule has 2 aromatic heterocycles. The minimum atomic E-state index is -0.200. The van der Waals surface area contributed by atoms with Gasteiger partial charge < -0.3 is 10.6 Å². The third kappa shape index (κ3) is 5.01. The highest BCUT2D eigenvalue weighted by atomic mass is 35.5. The molecule has 0 aliphatic rings. The van der Waals surface area contributed by atoms with E-state index in [9.17, 15) is 4.79 Å². The summed E-state index contributed by atoms with van der Waals surface area (Å²) in [6, 6.07) is 14.5. The van der Waals surface area contributed by atoms with Gasteiger partial charge in [0.1, 0.15) is 11.5 Å². The van der Waals surface area contributed by atoms with Gasteiger partial charge in [-0.2, -0.15) is 0 Å². The average molecular weight is 382 g/mol. The Kier molecular flexibility index (Phi) is 6.33. The molecule has 0 bridgehead atoms. The van der Waals surface area contributed by atoms with Crippen LogP contribution in [0.25, 0.3) is 11.5 Å². The van der Waals surface area contributed by atoms with Crippen molar-refractivity contribution in [3.05, 3.63) is 71.0 Å². The molecule has 0 unspecified atom stereocenters.